The van der Waals surface area contributed by atoms with E-state index < -0.39 is 23.4 Å². The Kier molecular flexibility index (Phi) is 3.78. The smallest absolute Gasteiger partial charge is 0.245 e. The monoisotopic (exact) mass is 308 g/mol. The molecule has 1 aromatic carbocycles. The second-order valence-corrected chi connectivity index (χ2v) is 5.46. The summed E-state index contributed by atoms with van der Waals surface area (Å²) in [5.74, 6) is -2.48. The van der Waals surface area contributed by atoms with E-state index >= 15 is 0 Å². The minimum atomic E-state index is -1.21. The molecule has 116 valence electrons. The first-order valence-corrected chi connectivity index (χ1v) is 7.45. The fourth-order valence-electron chi connectivity index (χ4n) is 2.91. The Hall–Kier alpha value is -2.82. The number of carbonyl (C=O) groups excluding carboxylic acids is 3. The lowest BCUT2D eigenvalue weighted by atomic mass is 9.86. The van der Waals surface area contributed by atoms with Gasteiger partial charge in [0.05, 0.1) is 5.69 Å². The molecule has 5 nitrogen and oxygen atoms in total. The molecule has 0 saturated heterocycles. The van der Waals surface area contributed by atoms with Crippen molar-refractivity contribution in [2.75, 3.05) is 11.4 Å². The molecule has 1 unspecified atom stereocenters. The van der Waals surface area contributed by atoms with Gasteiger partial charge in [-0.05, 0) is 49.2 Å². The van der Waals surface area contributed by atoms with E-state index in [1.54, 1.807) is 18.5 Å². The molecule has 0 fully saturated rings. The Morgan fingerprint density at radius 2 is 1.83 bits per heavy atom. The highest BCUT2D eigenvalue weighted by atomic mass is 16.2. The molecule has 1 aromatic heterocycles. The maximum atomic E-state index is 12.5. The lowest BCUT2D eigenvalue weighted by Gasteiger charge is -2.31. The van der Waals surface area contributed by atoms with Crippen molar-refractivity contribution in [1.82, 2.24) is 4.98 Å². The second-order valence-electron chi connectivity index (χ2n) is 5.46. The van der Waals surface area contributed by atoms with Crippen molar-refractivity contribution >= 4 is 23.2 Å². The molecule has 5 heteroatoms. The summed E-state index contributed by atoms with van der Waals surface area (Å²) in [6.45, 7) is 3.51. The SMILES string of the molecule is CCN1C(=O)C(C(C)=O)C(=O)c2ccc(-c3ccncc3)cc21. The van der Waals surface area contributed by atoms with Crippen LogP contribution in [0.15, 0.2) is 42.7 Å². The van der Waals surface area contributed by atoms with E-state index in [1.807, 2.05) is 31.2 Å². The van der Waals surface area contributed by atoms with Gasteiger partial charge in [-0.3, -0.25) is 19.4 Å². The summed E-state index contributed by atoms with van der Waals surface area (Å²) in [6, 6.07) is 9.07. The van der Waals surface area contributed by atoms with E-state index in [2.05, 4.69) is 4.98 Å². The molecule has 0 N–H and O–H groups in total. The molecule has 0 spiro atoms. The van der Waals surface area contributed by atoms with Gasteiger partial charge in [-0.25, -0.2) is 0 Å². The lowest BCUT2D eigenvalue weighted by molar-refractivity contribution is -0.129. The van der Waals surface area contributed by atoms with Crippen LogP contribution >= 0.6 is 0 Å². The van der Waals surface area contributed by atoms with Gasteiger partial charge >= 0.3 is 0 Å². The number of fused-ring (bicyclic) bond motifs is 1. The van der Waals surface area contributed by atoms with E-state index in [4.69, 9.17) is 0 Å². The number of pyridine rings is 1. The number of hydrogen-bond acceptors (Lipinski definition) is 4. The zero-order valence-electron chi connectivity index (χ0n) is 12.9. The predicted molar refractivity (Wildman–Crippen MR) is 86.2 cm³/mol. The standard InChI is InChI=1S/C18H16N2O3/c1-3-20-15-10-13(12-6-8-19-9-7-12)4-5-14(15)17(22)16(11(2)21)18(20)23/h4-10,16H,3H2,1-2H3. The first-order chi connectivity index (χ1) is 11.0. The van der Waals surface area contributed by atoms with Crippen LogP contribution in [0.3, 0.4) is 0 Å². The average molecular weight is 308 g/mol. The van der Waals surface area contributed by atoms with E-state index in [1.165, 1.54) is 11.8 Å². The Balaban J connectivity index is 2.15. The van der Waals surface area contributed by atoms with E-state index in [0.717, 1.165) is 11.1 Å². The van der Waals surface area contributed by atoms with Crippen molar-refractivity contribution in [3.63, 3.8) is 0 Å². The molecule has 3 rings (SSSR count). The van der Waals surface area contributed by atoms with Crippen LogP contribution in [0.5, 0.6) is 0 Å². The maximum absolute atomic E-state index is 12.5. The fraction of sp³-hybridized carbons (Fsp3) is 0.222. The van der Waals surface area contributed by atoms with Crippen LogP contribution in [0.25, 0.3) is 11.1 Å². The molecule has 0 bridgehead atoms. The predicted octanol–water partition coefficient (Wildman–Crippen LogP) is 2.50. The maximum Gasteiger partial charge on any atom is 0.245 e. The summed E-state index contributed by atoms with van der Waals surface area (Å²) in [6.07, 6.45) is 3.38. The molecule has 1 atom stereocenters. The van der Waals surface area contributed by atoms with Crippen molar-refractivity contribution in [2.45, 2.75) is 13.8 Å². The number of anilines is 1. The third-order valence-corrected chi connectivity index (χ3v) is 4.07. The minimum Gasteiger partial charge on any atom is -0.311 e. The first kappa shape index (κ1) is 15.1. The van der Waals surface area contributed by atoms with Crippen LogP contribution in [-0.4, -0.2) is 29.0 Å². The topological polar surface area (TPSA) is 67.3 Å². The molecule has 23 heavy (non-hydrogen) atoms. The number of benzene rings is 1. The number of amides is 1. The first-order valence-electron chi connectivity index (χ1n) is 7.45. The molecule has 0 radical (unpaired) electrons. The normalized spacial score (nSPS) is 17.1. The zero-order valence-corrected chi connectivity index (χ0v) is 12.9. The van der Waals surface area contributed by atoms with E-state index in [9.17, 15) is 14.4 Å². The molecule has 1 aliphatic rings. The molecule has 1 aliphatic heterocycles. The Bertz CT molecular complexity index is 799. The van der Waals surface area contributed by atoms with Crippen LogP contribution in [0.4, 0.5) is 5.69 Å². The van der Waals surface area contributed by atoms with Crippen LogP contribution in [-0.2, 0) is 9.59 Å². The number of carbonyl (C=O) groups is 3. The number of rotatable bonds is 3. The van der Waals surface area contributed by atoms with Gasteiger partial charge in [0.1, 0.15) is 5.78 Å². The molecular weight excluding hydrogens is 292 g/mol. The van der Waals surface area contributed by atoms with Crippen molar-refractivity contribution in [1.29, 1.82) is 0 Å². The van der Waals surface area contributed by atoms with Gasteiger partial charge in [0.25, 0.3) is 0 Å². The number of ketones is 2. The molecular formula is C18H16N2O3. The van der Waals surface area contributed by atoms with Gasteiger partial charge in [-0.2, -0.15) is 0 Å². The second kappa shape index (κ2) is 5.76. The van der Waals surface area contributed by atoms with Crippen LogP contribution in [0.1, 0.15) is 24.2 Å². The van der Waals surface area contributed by atoms with Gasteiger partial charge < -0.3 is 4.90 Å². The highest BCUT2D eigenvalue weighted by Crippen LogP contribution is 2.34. The third-order valence-electron chi connectivity index (χ3n) is 4.07. The highest BCUT2D eigenvalue weighted by molar-refractivity contribution is 6.31. The van der Waals surface area contributed by atoms with Gasteiger partial charge in [0.15, 0.2) is 11.7 Å². The number of nitrogens with zero attached hydrogens (tertiary/aromatic N) is 2. The number of hydrogen-bond donors (Lipinski definition) is 0. The van der Waals surface area contributed by atoms with E-state index in [0.29, 0.717) is 17.8 Å². The molecule has 0 aliphatic carbocycles. The van der Waals surface area contributed by atoms with Gasteiger partial charge in [-0.15, -0.1) is 0 Å². The Labute approximate surface area is 134 Å². The van der Waals surface area contributed by atoms with Crippen LogP contribution in [0, 0.1) is 5.92 Å². The Morgan fingerprint density at radius 3 is 2.43 bits per heavy atom. The minimum absolute atomic E-state index is 0.405. The summed E-state index contributed by atoms with van der Waals surface area (Å²) in [5, 5.41) is 0. The summed E-state index contributed by atoms with van der Waals surface area (Å²) in [5.41, 5.74) is 2.83. The summed E-state index contributed by atoms with van der Waals surface area (Å²) in [4.78, 5) is 42.2. The van der Waals surface area contributed by atoms with Crippen LogP contribution in [0.2, 0.25) is 0 Å². The Morgan fingerprint density at radius 1 is 1.13 bits per heavy atom. The molecule has 2 heterocycles. The largest absolute Gasteiger partial charge is 0.311 e. The molecule has 1 amide bonds. The number of aromatic nitrogens is 1. The van der Waals surface area contributed by atoms with Crippen molar-refractivity contribution < 1.29 is 14.4 Å². The van der Waals surface area contributed by atoms with E-state index in [-0.39, 0.29) is 0 Å². The lowest BCUT2D eigenvalue weighted by Crippen LogP contribution is -2.47. The summed E-state index contributed by atoms with van der Waals surface area (Å²) < 4.78 is 0. The fourth-order valence-corrected chi connectivity index (χ4v) is 2.91. The zero-order chi connectivity index (χ0) is 16.6. The van der Waals surface area contributed by atoms with Crippen molar-refractivity contribution in [3.8, 4) is 11.1 Å². The summed E-state index contributed by atoms with van der Waals surface area (Å²) >= 11 is 0. The van der Waals surface area contributed by atoms with Crippen LogP contribution < -0.4 is 4.90 Å². The molecule has 2 aromatic rings. The van der Waals surface area contributed by atoms with Crippen molar-refractivity contribution in [3.05, 3.63) is 48.3 Å². The molecule has 0 saturated carbocycles. The third kappa shape index (κ3) is 2.44. The highest BCUT2D eigenvalue weighted by Gasteiger charge is 2.41. The van der Waals surface area contributed by atoms with Crippen molar-refractivity contribution in [2.24, 2.45) is 5.92 Å². The van der Waals surface area contributed by atoms with Gasteiger partial charge in [0, 0.05) is 24.5 Å². The average Bonchev–Trinajstić information content (AvgIpc) is 2.55. The summed E-state index contributed by atoms with van der Waals surface area (Å²) in [7, 11) is 0. The number of Topliss-reactive ketones (excluding diaryl/α,β-unsaturated/α-hetero) is 2. The quantitative estimate of drug-likeness (QED) is 0.817. The van der Waals surface area contributed by atoms with Gasteiger partial charge in [-0.1, -0.05) is 6.07 Å². The van der Waals surface area contributed by atoms with Gasteiger partial charge in [0.2, 0.25) is 5.91 Å².